The average molecular weight is 247 g/mol. The maximum atomic E-state index is 4.57. The summed E-state index contributed by atoms with van der Waals surface area (Å²) in [5.41, 5.74) is 0.510. The molecule has 1 aromatic heterocycles. The Bertz CT molecular complexity index is 370. The number of hydrogen-bond acceptors (Lipinski definition) is 3. The molecule has 2 N–H and O–H groups in total. The van der Waals surface area contributed by atoms with Crippen molar-refractivity contribution in [3.05, 3.63) is 18.2 Å². The molecular weight excluding hydrogens is 222 g/mol. The molecule has 1 fully saturated rings. The third kappa shape index (κ3) is 3.15. The normalized spacial score (nSPS) is 17.7. The van der Waals surface area contributed by atoms with Crippen LogP contribution in [0.1, 0.15) is 46.0 Å². The van der Waals surface area contributed by atoms with Crippen LogP contribution in [0.25, 0.3) is 0 Å². The van der Waals surface area contributed by atoms with E-state index in [-0.39, 0.29) is 0 Å². The average Bonchev–Trinajstić information content (AvgIpc) is 2.87. The van der Waals surface area contributed by atoms with Crippen LogP contribution in [-0.2, 0) is 0 Å². The fourth-order valence-corrected chi connectivity index (χ4v) is 2.87. The zero-order chi connectivity index (χ0) is 12.8. The van der Waals surface area contributed by atoms with Crippen LogP contribution in [0.2, 0.25) is 0 Å². The van der Waals surface area contributed by atoms with E-state index in [1.165, 1.54) is 32.1 Å². The Morgan fingerprint density at radius 1 is 1.11 bits per heavy atom. The van der Waals surface area contributed by atoms with Gasteiger partial charge >= 0.3 is 0 Å². The highest BCUT2D eigenvalue weighted by atomic mass is 15.1. The van der Waals surface area contributed by atoms with Gasteiger partial charge in [0.05, 0.1) is 0 Å². The van der Waals surface area contributed by atoms with E-state index in [1.807, 2.05) is 6.07 Å². The van der Waals surface area contributed by atoms with Crippen LogP contribution < -0.4 is 10.6 Å². The van der Waals surface area contributed by atoms with E-state index in [1.54, 1.807) is 0 Å². The topological polar surface area (TPSA) is 37.0 Å². The molecule has 1 saturated carbocycles. The van der Waals surface area contributed by atoms with E-state index in [2.05, 4.69) is 41.6 Å². The summed E-state index contributed by atoms with van der Waals surface area (Å²) in [5.74, 6) is 1.95. The van der Waals surface area contributed by atoms with Crippen molar-refractivity contribution in [1.82, 2.24) is 4.98 Å². The SMILES string of the molecule is CCNc1cccc(NCC2(CC)CCCC2)n1. The lowest BCUT2D eigenvalue weighted by Crippen LogP contribution is -2.26. The van der Waals surface area contributed by atoms with Crippen LogP contribution in [0.5, 0.6) is 0 Å². The Labute approximate surface area is 110 Å². The minimum absolute atomic E-state index is 0.510. The van der Waals surface area contributed by atoms with Gasteiger partial charge < -0.3 is 10.6 Å². The number of nitrogens with one attached hydrogen (secondary N) is 2. The highest BCUT2D eigenvalue weighted by molar-refractivity contribution is 5.45. The summed E-state index contributed by atoms with van der Waals surface area (Å²) in [6.45, 7) is 6.38. The molecule has 100 valence electrons. The first-order valence-electron chi connectivity index (χ1n) is 7.23. The van der Waals surface area contributed by atoms with Gasteiger partial charge in [-0.3, -0.25) is 0 Å². The van der Waals surface area contributed by atoms with E-state index in [0.29, 0.717) is 5.41 Å². The maximum absolute atomic E-state index is 4.57. The van der Waals surface area contributed by atoms with Crippen molar-refractivity contribution in [1.29, 1.82) is 0 Å². The summed E-state index contributed by atoms with van der Waals surface area (Å²) in [4.78, 5) is 4.57. The molecule has 0 atom stereocenters. The van der Waals surface area contributed by atoms with Crippen LogP contribution in [0.15, 0.2) is 18.2 Å². The minimum Gasteiger partial charge on any atom is -0.370 e. The molecule has 0 spiro atoms. The Morgan fingerprint density at radius 3 is 2.39 bits per heavy atom. The van der Waals surface area contributed by atoms with Crippen LogP contribution in [0, 0.1) is 5.41 Å². The van der Waals surface area contributed by atoms with Crippen molar-refractivity contribution in [2.75, 3.05) is 23.7 Å². The summed E-state index contributed by atoms with van der Waals surface area (Å²) in [5, 5.41) is 6.77. The molecule has 0 unspecified atom stereocenters. The van der Waals surface area contributed by atoms with Crippen molar-refractivity contribution in [2.45, 2.75) is 46.0 Å². The zero-order valence-electron chi connectivity index (χ0n) is 11.6. The van der Waals surface area contributed by atoms with E-state index in [9.17, 15) is 0 Å². The molecule has 0 amide bonds. The van der Waals surface area contributed by atoms with Crippen molar-refractivity contribution < 1.29 is 0 Å². The molecule has 0 bridgehead atoms. The minimum atomic E-state index is 0.510. The van der Waals surface area contributed by atoms with Crippen LogP contribution in [0.3, 0.4) is 0 Å². The lowest BCUT2D eigenvalue weighted by atomic mass is 9.83. The number of hydrogen-bond donors (Lipinski definition) is 2. The number of pyridine rings is 1. The van der Waals surface area contributed by atoms with Crippen LogP contribution in [0.4, 0.5) is 11.6 Å². The lowest BCUT2D eigenvalue weighted by Gasteiger charge is -2.28. The third-order valence-corrected chi connectivity index (χ3v) is 4.17. The van der Waals surface area contributed by atoms with Crippen molar-refractivity contribution >= 4 is 11.6 Å². The number of aromatic nitrogens is 1. The molecule has 1 aromatic rings. The standard InChI is InChI=1S/C15H25N3/c1-3-15(10-5-6-11-15)12-17-14-9-7-8-13(18-14)16-4-2/h7-9H,3-6,10-12H2,1-2H3,(H2,16,17,18). The third-order valence-electron chi connectivity index (χ3n) is 4.17. The van der Waals surface area contributed by atoms with Crippen molar-refractivity contribution in [3.8, 4) is 0 Å². The van der Waals surface area contributed by atoms with Gasteiger partial charge in [-0.2, -0.15) is 0 Å². The summed E-state index contributed by atoms with van der Waals surface area (Å²) in [6, 6.07) is 6.12. The Kier molecular flexibility index (Phi) is 4.45. The predicted molar refractivity (Wildman–Crippen MR) is 78.1 cm³/mol. The fraction of sp³-hybridized carbons (Fsp3) is 0.667. The van der Waals surface area contributed by atoms with Gasteiger partial charge in [0.15, 0.2) is 0 Å². The molecule has 2 rings (SSSR count). The smallest absolute Gasteiger partial charge is 0.128 e. The maximum Gasteiger partial charge on any atom is 0.128 e. The van der Waals surface area contributed by atoms with E-state index in [0.717, 1.165) is 24.7 Å². The largest absolute Gasteiger partial charge is 0.370 e. The van der Waals surface area contributed by atoms with E-state index < -0.39 is 0 Å². The first kappa shape index (κ1) is 13.2. The summed E-state index contributed by atoms with van der Waals surface area (Å²) < 4.78 is 0. The van der Waals surface area contributed by atoms with Crippen molar-refractivity contribution in [2.24, 2.45) is 5.41 Å². The predicted octanol–water partition coefficient (Wildman–Crippen LogP) is 3.90. The monoisotopic (exact) mass is 247 g/mol. The van der Waals surface area contributed by atoms with Gasteiger partial charge in [-0.25, -0.2) is 4.98 Å². The quantitative estimate of drug-likeness (QED) is 0.800. The first-order chi connectivity index (χ1) is 8.78. The molecule has 0 aliphatic heterocycles. The van der Waals surface area contributed by atoms with Gasteiger partial charge in [0, 0.05) is 13.1 Å². The second-order valence-electron chi connectivity index (χ2n) is 5.35. The van der Waals surface area contributed by atoms with E-state index >= 15 is 0 Å². The molecule has 0 radical (unpaired) electrons. The van der Waals surface area contributed by atoms with Gasteiger partial charge in [0.2, 0.25) is 0 Å². The summed E-state index contributed by atoms with van der Waals surface area (Å²) in [7, 11) is 0. The van der Waals surface area contributed by atoms with E-state index in [4.69, 9.17) is 0 Å². The molecule has 1 heterocycles. The fourth-order valence-electron chi connectivity index (χ4n) is 2.87. The van der Waals surface area contributed by atoms with Gasteiger partial charge in [0.1, 0.15) is 11.6 Å². The van der Waals surface area contributed by atoms with Crippen LogP contribution in [-0.4, -0.2) is 18.1 Å². The van der Waals surface area contributed by atoms with Gasteiger partial charge in [0.25, 0.3) is 0 Å². The molecule has 1 aliphatic rings. The van der Waals surface area contributed by atoms with Gasteiger partial charge in [-0.05, 0) is 43.7 Å². The Balaban J connectivity index is 1.94. The van der Waals surface area contributed by atoms with Gasteiger partial charge in [-0.15, -0.1) is 0 Å². The molecule has 3 heteroatoms. The Hall–Kier alpha value is -1.25. The molecule has 1 aliphatic carbocycles. The molecule has 3 nitrogen and oxygen atoms in total. The number of rotatable bonds is 6. The summed E-state index contributed by atoms with van der Waals surface area (Å²) >= 11 is 0. The second kappa shape index (κ2) is 6.07. The molecule has 0 saturated heterocycles. The number of nitrogens with zero attached hydrogens (tertiary/aromatic N) is 1. The first-order valence-corrected chi connectivity index (χ1v) is 7.23. The van der Waals surface area contributed by atoms with Crippen molar-refractivity contribution in [3.63, 3.8) is 0 Å². The molecule has 0 aromatic carbocycles. The molecule has 18 heavy (non-hydrogen) atoms. The second-order valence-corrected chi connectivity index (χ2v) is 5.35. The highest BCUT2D eigenvalue weighted by Crippen LogP contribution is 2.40. The van der Waals surface area contributed by atoms with Crippen LogP contribution >= 0.6 is 0 Å². The lowest BCUT2D eigenvalue weighted by molar-refractivity contribution is 0.306. The number of anilines is 2. The zero-order valence-corrected chi connectivity index (χ0v) is 11.6. The summed E-state index contributed by atoms with van der Waals surface area (Å²) in [6.07, 6.45) is 6.78. The van der Waals surface area contributed by atoms with Gasteiger partial charge in [-0.1, -0.05) is 25.8 Å². The Morgan fingerprint density at radius 2 is 1.78 bits per heavy atom. The highest BCUT2D eigenvalue weighted by Gasteiger charge is 2.31. The molecular formula is C15H25N3.